The lowest BCUT2D eigenvalue weighted by Crippen LogP contribution is -2.17. The molecule has 2 aromatic carbocycles. The highest BCUT2D eigenvalue weighted by Crippen LogP contribution is 2.36. The highest BCUT2D eigenvalue weighted by molar-refractivity contribution is 6.30. The molecule has 0 saturated heterocycles. The average molecular weight is 288 g/mol. The third kappa shape index (κ3) is 3.54. The highest BCUT2D eigenvalue weighted by atomic mass is 35.5. The molecule has 0 aliphatic carbocycles. The van der Waals surface area contributed by atoms with Gasteiger partial charge in [0.2, 0.25) is 0 Å². The summed E-state index contributed by atoms with van der Waals surface area (Å²) in [5.74, 6) is -0.316. The molecule has 100 valence electrons. The largest absolute Gasteiger partial charge is 0.573 e. The van der Waals surface area contributed by atoms with E-state index in [2.05, 4.69) is 4.74 Å². The third-order valence-electron chi connectivity index (χ3n) is 2.36. The first-order chi connectivity index (χ1) is 8.85. The van der Waals surface area contributed by atoms with Gasteiger partial charge in [-0.25, -0.2) is 0 Å². The lowest BCUT2D eigenvalue weighted by Gasteiger charge is -2.14. The zero-order valence-electron chi connectivity index (χ0n) is 9.54. The van der Waals surface area contributed by atoms with E-state index in [0.29, 0.717) is 16.3 Å². The van der Waals surface area contributed by atoms with Gasteiger partial charge in [0.1, 0.15) is 5.75 Å². The van der Waals surface area contributed by atoms with Crippen molar-refractivity contribution in [3.63, 3.8) is 0 Å². The zero-order valence-corrected chi connectivity index (χ0v) is 10.3. The van der Waals surface area contributed by atoms with Gasteiger partial charge in [-0.2, -0.15) is 0 Å². The van der Waals surface area contributed by atoms with Crippen molar-refractivity contribution in [2.45, 2.75) is 6.36 Å². The summed E-state index contributed by atoms with van der Waals surface area (Å²) in [5.41, 5.74) is 6.67. The smallest absolute Gasteiger partial charge is 0.405 e. The van der Waals surface area contributed by atoms with Crippen LogP contribution in [0.4, 0.5) is 18.9 Å². The molecule has 2 nitrogen and oxygen atoms in total. The van der Waals surface area contributed by atoms with Gasteiger partial charge in [-0.3, -0.25) is 0 Å². The molecule has 0 aromatic heterocycles. The second kappa shape index (κ2) is 5.01. The van der Waals surface area contributed by atoms with Gasteiger partial charge in [0.05, 0.1) is 0 Å². The molecule has 0 fully saturated rings. The molecule has 2 rings (SSSR count). The molecule has 0 amide bonds. The van der Waals surface area contributed by atoms with E-state index in [4.69, 9.17) is 17.3 Å². The second-order valence-corrected chi connectivity index (χ2v) is 4.25. The van der Waals surface area contributed by atoms with E-state index in [9.17, 15) is 13.2 Å². The molecule has 0 atom stereocenters. The minimum atomic E-state index is -4.76. The van der Waals surface area contributed by atoms with Gasteiger partial charge in [0.15, 0.2) is 0 Å². The first-order valence-corrected chi connectivity index (χ1v) is 5.64. The van der Waals surface area contributed by atoms with E-state index in [1.807, 2.05) is 0 Å². The van der Waals surface area contributed by atoms with Gasteiger partial charge >= 0.3 is 6.36 Å². The number of anilines is 1. The van der Waals surface area contributed by atoms with Gasteiger partial charge in [0, 0.05) is 16.3 Å². The number of rotatable bonds is 2. The number of hydrogen-bond donors (Lipinski definition) is 1. The Balaban J connectivity index is 2.51. The summed E-state index contributed by atoms with van der Waals surface area (Å²) in [5, 5.41) is 0.415. The second-order valence-electron chi connectivity index (χ2n) is 3.81. The number of ether oxygens (including phenoxy) is 1. The zero-order chi connectivity index (χ0) is 14.0. The first kappa shape index (κ1) is 13.5. The molecule has 19 heavy (non-hydrogen) atoms. The molecule has 0 heterocycles. The van der Waals surface area contributed by atoms with Crippen LogP contribution in [0.2, 0.25) is 5.02 Å². The molecule has 0 aliphatic heterocycles. The summed E-state index contributed by atoms with van der Waals surface area (Å²) in [6.45, 7) is 0. The topological polar surface area (TPSA) is 35.2 Å². The first-order valence-electron chi connectivity index (χ1n) is 5.26. The van der Waals surface area contributed by atoms with E-state index >= 15 is 0 Å². The quantitative estimate of drug-likeness (QED) is 0.826. The van der Waals surface area contributed by atoms with Crippen molar-refractivity contribution in [2.75, 3.05) is 5.73 Å². The van der Waals surface area contributed by atoms with E-state index in [1.54, 1.807) is 24.3 Å². The van der Waals surface area contributed by atoms with E-state index in [0.717, 1.165) is 0 Å². The minimum Gasteiger partial charge on any atom is -0.405 e. The lowest BCUT2D eigenvalue weighted by atomic mass is 10.0. The summed E-state index contributed by atoms with van der Waals surface area (Å²) in [6, 6.07) is 10.4. The van der Waals surface area contributed by atoms with E-state index in [-0.39, 0.29) is 11.3 Å². The molecule has 0 spiro atoms. The molecular formula is C13H9ClF3NO. The monoisotopic (exact) mass is 287 g/mol. The van der Waals surface area contributed by atoms with Crippen LogP contribution in [0.1, 0.15) is 0 Å². The van der Waals surface area contributed by atoms with Gasteiger partial charge in [-0.05, 0) is 35.9 Å². The fourth-order valence-corrected chi connectivity index (χ4v) is 1.83. The average Bonchev–Trinajstić information content (AvgIpc) is 2.30. The maximum absolute atomic E-state index is 12.3. The van der Waals surface area contributed by atoms with Gasteiger partial charge in [0.25, 0.3) is 0 Å². The Labute approximate surface area is 112 Å². The van der Waals surface area contributed by atoms with Crippen LogP contribution < -0.4 is 10.5 Å². The summed E-state index contributed by atoms with van der Waals surface area (Å²) in [6.07, 6.45) is -4.76. The van der Waals surface area contributed by atoms with Crippen LogP contribution in [0.25, 0.3) is 11.1 Å². The minimum absolute atomic E-state index is 0.236. The van der Waals surface area contributed by atoms with Crippen LogP contribution in [-0.4, -0.2) is 6.36 Å². The van der Waals surface area contributed by atoms with E-state index in [1.165, 1.54) is 18.2 Å². The molecule has 0 unspecified atom stereocenters. The molecule has 0 aliphatic rings. The van der Waals surface area contributed by atoms with Gasteiger partial charge in [-0.15, -0.1) is 13.2 Å². The Morgan fingerprint density at radius 1 is 1.05 bits per heavy atom. The standard InChI is InChI=1S/C13H9ClF3NO/c14-9-3-1-2-8(6-9)11-7-10(18)4-5-12(11)19-13(15,16)17/h1-7H,18H2. The molecule has 2 N–H and O–H groups in total. The maximum Gasteiger partial charge on any atom is 0.573 e. The molecular weight excluding hydrogens is 279 g/mol. The van der Waals surface area contributed by atoms with Crippen LogP contribution in [0, 0.1) is 0 Å². The lowest BCUT2D eigenvalue weighted by molar-refractivity contribution is -0.274. The Kier molecular flexibility index (Phi) is 3.57. The van der Waals surface area contributed by atoms with Gasteiger partial charge < -0.3 is 10.5 Å². The number of hydrogen-bond acceptors (Lipinski definition) is 2. The fraction of sp³-hybridized carbons (Fsp3) is 0.0769. The Morgan fingerprint density at radius 3 is 2.42 bits per heavy atom. The fourth-order valence-electron chi connectivity index (χ4n) is 1.64. The summed E-state index contributed by atoms with van der Waals surface area (Å²) < 4.78 is 41.0. The van der Waals surface area contributed by atoms with Crippen LogP contribution in [0.15, 0.2) is 42.5 Å². The summed E-state index contributed by atoms with van der Waals surface area (Å²) in [7, 11) is 0. The Bertz CT molecular complexity index is 599. The number of alkyl halides is 3. The number of benzene rings is 2. The normalized spacial score (nSPS) is 11.4. The Morgan fingerprint density at radius 2 is 1.79 bits per heavy atom. The van der Waals surface area contributed by atoms with Crippen LogP contribution in [0.3, 0.4) is 0 Å². The van der Waals surface area contributed by atoms with Crippen molar-refractivity contribution in [2.24, 2.45) is 0 Å². The predicted octanol–water partition coefficient (Wildman–Crippen LogP) is 4.49. The Hall–Kier alpha value is -1.88. The molecule has 0 saturated carbocycles. The number of halogens is 4. The molecule has 0 bridgehead atoms. The van der Waals surface area contributed by atoms with Crippen molar-refractivity contribution >= 4 is 17.3 Å². The third-order valence-corrected chi connectivity index (χ3v) is 2.60. The molecule has 6 heteroatoms. The van der Waals surface area contributed by atoms with Crippen molar-refractivity contribution in [3.8, 4) is 16.9 Å². The molecule has 0 radical (unpaired) electrons. The SMILES string of the molecule is Nc1ccc(OC(F)(F)F)c(-c2cccc(Cl)c2)c1. The van der Waals surface area contributed by atoms with Crippen molar-refractivity contribution in [1.29, 1.82) is 0 Å². The van der Waals surface area contributed by atoms with Crippen LogP contribution >= 0.6 is 11.6 Å². The summed E-state index contributed by atoms with van der Waals surface area (Å²) in [4.78, 5) is 0. The number of nitrogen functional groups attached to an aromatic ring is 1. The van der Waals surface area contributed by atoms with Crippen molar-refractivity contribution in [3.05, 3.63) is 47.5 Å². The summed E-state index contributed by atoms with van der Waals surface area (Å²) >= 11 is 5.83. The predicted molar refractivity (Wildman–Crippen MR) is 68.0 cm³/mol. The maximum atomic E-state index is 12.3. The van der Waals surface area contributed by atoms with E-state index < -0.39 is 6.36 Å². The number of nitrogens with two attached hydrogens (primary N) is 1. The van der Waals surface area contributed by atoms with Gasteiger partial charge in [-0.1, -0.05) is 23.7 Å². The van der Waals surface area contributed by atoms with Crippen LogP contribution in [0.5, 0.6) is 5.75 Å². The van der Waals surface area contributed by atoms with Crippen molar-refractivity contribution < 1.29 is 17.9 Å². The van der Waals surface area contributed by atoms with Crippen molar-refractivity contribution in [1.82, 2.24) is 0 Å². The highest BCUT2D eigenvalue weighted by Gasteiger charge is 2.32. The van der Waals surface area contributed by atoms with Crippen LogP contribution in [-0.2, 0) is 0 Å². The molecule has 2 aromatic rings.